The van der Waals surface area contributed by atoms with Crippen LogP contribution in [0.5, 0.6) is 0 Å². The third kappa shape index (κ3) is 2.91. The van der Waals surface area contributed by atoms with E-state index in [9.17, 15) is 4.39 Å². The minimum absolute atomic E-state index is 0.162. The van der Waals surface area contributed by atoms with Crippen molar-refractivity contribution in [3.8, 4) is 0 Å². The first-order valence-electron chi connectivity index (χ1n) is 5.47. The van der Waals surface area contributed by atoms with Gasteiger partial charge in [0.2, 0.25) is 0 Å². The smallest absolute Gasteiger partial charge is 0.144 e. The summed E-state index contributed by atoms with van der Waals surface area (Å²) in [4.78, 5) is 0. The first-order valence-corrected chi connectivity index (χ1v) is 6.81. The summed E-state index contributed by atoms with van der Waals surface area (Å²) < 4.78 is 13.8. The van der Waals surface area contributed by atoms with Gasteiger partial charge in [0, 0.05) is 0 Å². The summed E-state index contributed by atoms with van der Waals surface area (Å²) >= 11 is 0. The fourth-order valence-corrected chi connectivity index (χ4v) is 6.55. The van der Waals surface area contributed by atoms with Crippen molar-refractivity contribution < 1.29 is 4.39 Å². The zero-order chi connectivity index (χ0) is 11.9. The van der Waals surface area contributed by atoms with E-state index in [1.165, 1.54) is 0 Å². The van der Waals surface area contributed by atoms with Crippen molar-refractivity contribution >= 4 is 7.92 Å². The summed E-state index contributed by atoms with van der Waals surface area (Å²) in [5, 5.41) is 1.33. The number of alkyl halides is 1. The van der Waals surface area contributed by atoms with Crippen LogP contribution in [-0.4, -0.2) is 16.5 Å². The Kier molecular flexibility index (Phi) is 3.45. The monoisotopic (exact) mass is 228 g/mol. The zero-order valence-electron chi connectivity index (χ0n) is 10.6. The van der Waals surface area contributed by atoms with E-state index < -0.39 is 14.1 Å². The summed E-state index contributed by atoms with van der Waals surface area (Å²) in [5.74, 6) is 0. The number of allylic oxidation sites excluding steroid dienone is 4. The quantitative estimate of drug-likeness (QED) is 0.562. The van der Waals surface area contributed by atoms with E-state index in [2.05, 4.69) is 41.5 Å². The van der Waals surface area contributed by atoms with Crippen molar-refractivity contribution in [2.45, 2.75) is 58.0 Å². The first-order chi connectivity index (χ1) is 6.64. The molecule has 1 aliphatic carbocycles. The van der Waals surface area contributed by atoms with Crippen molar-refractivity contribution in [2.75, 3.05) is 0 Å². The molecule has 86 valence electrons. The fraction of sp³-hybridized carbons (Fsp3) is 0.692. The van der Waals surface area contributed by atoms with Crippen molar-refractivity contribution in [1.29, 1.82) is 0 Å². The van der Waals surface area contributed by atoms with Crippen molar-refractivity contribution in [3.63, 3.8) is 0 Å². The van der Waals surface area contributed by atoms with Gasteiger partial charge in [-0.15, -0.1) is 0 Å². The zero-order valence-corrected chi connectivity index (χ0v) is 11.5. The molecule has 0 heterocycles. The van der Waals surface area contributed by atoms with E-state index in [4.69, 9.17) is 0 Å². The lowest BCUT2D eigenvalue weighted by atomic mass is 10.2. The average Bonchev–Trinajstić information content (AvgIpc) is 2.30. The fourth-order valence-electron chi connectivity index (χ4n) is 2.42. The Morgan fingerprint density at radius 2 is 1.53 bits per heavy atom. The van der Waals surface area contributed by atoms with Gasteiger partial charge in [0.1, 0.15) is 6.17 Å². The second kappa shape index (κ2) is 4.01. The van der Waals surface area contributed by atoms with Crippen LogP contribution in [0, 0.1) is 0 Å². The van der Waals surface area contributed by atoms with Gasteiger partial charge < -0.3 is 0 Å². The highest BCUT2D eigenvalue weighted by molar-refractivity contribution is 7.65. The Hall–Kier alpha value is -0.160. The van der Waals surface area contributed by atoms with Crippen molar-refractivity contribution in [1.82, 2.24) is 0 Å². The number of rotatable bonds is 1. The lowest BCUT2D eigenvalue weighted by Crippen LogP contribution is -2.27. The highest BCUT2D eigenvalue weighted by atomic mass is 31.1. The molecule has 0 aromatic rings. The first kappa shape index (κ1) is 12.9. The van der Waals surface area contributed by atoms with E-state index in [-0.39, 0.29) is 10.3 Å². The molecule has 0 saturated carbocycles. The second-order valence-electron chi connectivity index (χ2n) is 6.06. The molecule has 0 spiro atoms. The van der Waals surface area contributed by atoms with Crippen LogP contribution in [0.3, 0.4) is 0 Å². The van der Waals surface area contributed by atoms with Crippen LogP contribution in [0.1, 0.15) is 41.5 Å². The van der Waals surface area contributed by atoms with Crippen LogP contribution in [0.25, 0.3) is 0 Å². The van der Waals surface area contributed by atoms with E-state index in [0.717, 1.165) is 5.31 Å². The molecule has 0 nitrogen and oxygen atoms in total. The molecular formula is C13H22FP. The Bertz CT molecular complexity index is 275. The third-order valence-corrected chi connectivity index (χ3v) is 6.02. The highest BCUT2D eigenvalue weighted by Gasteiger charge is 2.39. The average molecular weight is 228 g/mol. The molecule has 1 unspecified atom stereocenters. The molecule has 0 bridgehead atoms. The Balaban J connectivity index is 3.04. The lowest BCUT2D eigenvalue weighted by Gasteiger charge is -2.43. The summed E-state index contributed by atoms with van der Waals surface area (Å²) in [6.45, 7) is 13.3. The van der Waals surface area contributed by atoms with Crippen LogP contribution in [0.4, 0.5) is 4.39 Å². The predicted molar refractivity (Wildman–Crippen MR) is 68.5 cm³/mol. The van der Waals surface area contributed by atoms with Gasteiger partial charge in [-0.05, 0) is 21.7 Å². The Labute approximate surface area is 94.4 Å². The molecule has 15 heavy (non-hydrogen) atoms. The topological polar surface area (TPSA) is 0 Å². The maximum atomic E-state index is 13.8. The molecule has 0 fully saturated rings. The molecule has 0 N–H and O–H groups in total. The molecule has 0 amide bonds. The van der Waals surface area contributed by atoms with Gasteiger partial charge >= 0.3 is 0 Å². The normalized spacial score (nSPS) is 22.4. The van der Waals surface area contributed by atoms with Gasteiger partial charge in [0.05, 0.1) is 0 Å². The van der Waals surface area contributed by atoms with Crippen LogP contribution in [-0.2, 0) is 0 Å². The molecule has 1 atom stereocenters. The highest BCUT2D eigenvalue weighted by Crippen LogP contribution is 2.66. The lowest BCUT2D eigenvalue weighted by molar-refractivity contribution is 0.464. The predicted octanol–water partition coefficient (Wildman–Crippen LogP) is 4.86. The largest absolute Gasteiger partial charge is 0.238 e. The van der Waals surface area contributed by atoms with Gasteiger partial charge in [-0.2, -0.15) is 0 Å². The van der Waals surface area contributed by atoms with Gasteiger partial charge in [-0.25, -0.2) is 4.39 Å². The van der Waals surface area contributed by atoms with Crippen LogP contribution in [0.15, 0.2) is 23.5 Å². The number of hydrogen-bond acceptors (Lipinski definition) is 0. The molecule has 1 aliphatic rings. The van der Waals surface area contributed by atoms with E-state index in [0.29, 0.717) is 0 Å². The molecular weight excluding hydrogens is 206 g/mol. The molecule has 0 saturated heterocycles. The molecule has 2 heteroatoms. The van der Waals surface area contributed by atoms with E-state index >= 15 is 0 Å². The number of halogens is 1. The second-order valence-corrected chi connectivity index (χ2v) is 9.93. The summed E-state index contributed by atoms with van der Waals surface area (Å²) in [5.41, 5.74) is 0. The molecule has 1 rings (SSSR count). The van der Waals surface area contributed by atoms with E-state index in [1.807, 2.05) is 12.2 Å². The summed E-state index contributed by atoms with van der Waals surface area (Å²) in [6, 6.07) is 0. The number of hydrogen-bond donors (Lipinski definition) is 0. The summed E-state index contributed by atoms with van der Waals surface area (Å²) in [7, 11) is -0.460. The standard InChI is InChI=1S/C13H22FP/c1-12(2,3)15(13(4,5)6)11-9-7-8-10(11)14/h7-10H,1-6H3. The maximum absolute atomic E-state index is 13.8. The maximum Gasteiger partial charge on any atom is 0.144 e. The SMILES string of the molecule is CC(C)(C)P(C1=CC=CC1F)C(C)(C)C. The minimum atomic E-state index is -0.852. The van der Waals surface area contributed by atoms with Crippen molar-refractivity contribution in [2.24, 2.45) is 0 Å². The molecule has 0 aromatic carbocycles. The molecule has 0 radical (unpaired) electrons. The van der Waals surface area contributed by atoms with Crippen LogP contribution >= 0.6 is 7.92 Å². The van der Waals surface area contributed by atoms with Crippen LogP contribution < -0.4 is 0 Å². The van der Waals surface area contributed by atoms with Gasteiger partial charge in [-0.3, -0.25) is 0 Å². The Morgan fingerprint density at radius 3 is 1.80 bits per heavy atom. The van der Waals surface area contributed by atoms with Gasteiger partial charge in [0.25, 0.3) is 0 Å². The van der Waals surface area contributed by atoms with Crippen molar-refractivity contribution in [3.05, 3.63) is 23.5 Å². The third-order valence-electron chi connectivity index (χ3n) is 2.43. The van der Waals surface area contributed by atoms with Gasteiger partial charge in [-0.1, -0.05) is 61.6 Å². The molecule has 0 aliphatic heterocycles. The minimum Gasteiger partial charge on any atom is -0.238 e. The molecule has 0 aromatic heterocycles. The van der Waals surface area contributed by atoms with E-state index in [1.54, 1.807) is 6.08 Å². The van der Waals surface area contributed by atoms with Crippen LogP contribution in [0.2, 0.25) is 0 Å². The Morgan fingerprint density at radius 1 is 1.07 bits per heavy atom. The summed E-state index contributed by atoms with van der Waals surface area (Å²) in [6.07, 6.45) is 4.64. The van der Waals surface area contributed by atoms with Gasteiger partial charge in [0.15, 0.2) is 0 Å².